The van der Waals surface area contributed by atoms with Gasteiger partial charge >= 0.3 is 0 Å². The van der Waals surface area contributed by atoms with Crippen LogP contribution in [0.3, 0.4) is 0 Å². The highest BCUT2D eigenvalue weighted by Gasteiger charge is 2.33. The lowest BCUT2D eigenvalue weighted by Crippen LogP contribution is -2.33. The zero-order chi connectivity index (χ0) is 17.2. The Kier molecular flexibility index (Phi) is 4.55. The van der Waals surface area contributed by atoms with Crippen molar-refractivity contribution in [2.24, 2.45) is 0 Å². The van der Waals surface area contributed by atoms with E-state index in [0.717, 1.165) is 49.0 Å². The first kappa shape index (κ1) is 16.3. The van der Waals surface area contributed by atoms with Gasteiger partial charge in [-0.2, -0.15) is 5.10 Å². The van der Waals surface area contributed by atoms with Crippen LogP contribution in [0.2, 0.25) is 0 Å². The fourth-order valence-electron chi connectivity index (χ4n) is 3.25. The molecule has 1 aliphatic heterocycles. The predicted molar refractivity (Wildman–Crippen MR) is 92.4 cm³/mol. The van der Waals surface area contributed by atoms with Gasteiger partial charge in [0.2, 0.25) is 0 Å². The second-order valence-electron chi connectivity index (χ2n) is 6.76. The molecule has 6 nitrogen and oxygen atoms in total. The molecule has 132 valence electrons. The molecule has 2 fully saturated rings. The van der Waals surface area contributed by atoms with Crippen LogP contribution in [-0.4, -0.2) is 28.6 Å². The van der Waals surface area contributed by atoms with Crippen LogP contribution in [0.4, 0.5) is 0 Å². The normalized spacial score (nSPS) is 20.4. The largest absolute Gasteiger partial charge is 0.350 e. The van der Waals surface area contributed by atoms with Gasteiger partial charge in [0.1, 0.15) is 0 Å². The molecule has 0 bridgehead atoms. The molecule has 0 radical (unpaired) electrons. The van der Waals surface area contributed by atoms with Gasteiger partial charge in [-0.3, -0.25) is 4.79 Å². The molecule has 2 aliphatic rings. The minimum absolute atomic E-state index is 0.254. The topological polar surface area (TPSA) is 65.4 Å². The van der Waals surface area contributed by atoms with Gasteiger partial charge in [0.05, 0.1) is 23.1 Å². The number of aryl methyl sites for hydroxylation is 1. The van der Waals surface area contributed by atoms with Gasteiger partial charge in [-0.1, -0.05) is 18.2 Å². The number of hydrogen-bond acceptors (Lipinski definition) is 4. The zero-order valence-electron chi connectivity index (χ0n) is 14.4. The summed E-state index contributed by atoms with van der Waals surface area (Å²) < 4.78 is 7.39. The highest BCUT2D eigenvalue weighted by atomic mass is 16.8. The Morgan fingerprint density at radius 1 is 1.28 bits per heavy atom. The molecule has 2 heterocycles. The molecule has 4 rings (SSSR count). The summed E-state index contributed by atoms with van der Waals surface area (Å²) in [6, 6.07) is 8.08. The highest BCUT2D eigenvalue weighted by molar-refractivity contribution is 5.94. The van der Waals surface area contributed by atoms with Gasteiger partial charge in [0.25, 0.3) is 5.91 Å². The number of amides is 1. The molecule has 25 heavy (non-hydrogen) atoms. The molecular weight excluding hydrogens is 318 g/mol. The Morgan fingerprint density at radius 3 is 2.84 bits per heavy atom. The summed E-state index contributed by atoms with van der Waals surface area (Å²) in [6.07, 6.45) is 6.36. The number of carbonyl (C=O) groups is 1. The summed E-state index contributed by atoms with van der Waals surface area (Å²) in [5, 5.41) is 4.49. The molecular formula is C19H23N3O3. The van der Waals surface area contributed by atoms with Crippen molar-refractivity contribution >= 4 is 5.91 Å². The number of rotatable bonds is 5. The summed E-state index contributed by atoms with van der Waals surface area (Å²) >= 11 is 0. The van der Waals surface area contributed by atoms with Crippen LogP contribution in [0.5, 0.6) is 0 Å². The van der Waals surface area contributed by atoms with E-state index in [2.05, 4.69) is 23.6 Å². The van der Waals surface area contributed by atoms with Crippen molar-refractivity contribution in [1.29, 1.82) is 0 Å². The van der Waals surface area contributed by atoms with E-state index >= 15 is 0 Å². The Labute approximate surface area is 147 Å². The van der Waals surface area contributed by atoms with Crippen LogP contribution in [0.25, 0.3) is 5.69 Å². The first-order valence-electron chi connectivity index (χ1n) is 8.95. The average molecular weight is 341 g/mol. The number of hydroxylamine groups is 1. The third kappa shape index (κ3) is 3.45. The Morgan fingerprint density at radius 2 is 2.12 bits per heavy atom. The number of para-hydroxylation sites is 1. The van der Waals surface area contributed by atoms with E-state index in [1.165, 1.54) is 0 Å². The summed E-state index contributed by atoms with van der Waals surface area (Å²) in [5.74, 6) is 0.129. The first-order valence-corrected chi connectivity index (χ1v) is 8.95. The number of carbonyl (C=O) groups excluding carboxylic acids is 1. The van der Waals surface area contributed by atoms with Crippen LogP contribution in [-0.2, 0) is 9.57 Å². The van der Waals surface area contributed by atoms with Crippen LogP contribution in [0.1, 0.15) is 59.6 Å². The zero-order valence-corrected chi connectivity index (χ0v) is 14.4. The fourth-order valence-corrected chi connectivity index (χ4v) is 3.25. The quantitative estimate of drug-likeness (QED) is 0.848. The SMILES string of the molecule is Cc1ccccc1-n1ncc(C(=O)NO[C@@H]2CCCCO2)c1C1CC1. The average Bonchev–Trinajstić information content (AvgIpc) is 3.39. The van der Waals surface area contributed by atoms with Gasteiger partial charge in [0.15, 0.2) is 6.29 Å². The monoisotopic (exact) mass is 341 g/mol. The molecule has 2 aromatic rings. The van der Waals surface area contributed by atoms with E-state index in [1.54, 1.807) is 6.20 Å². The first-order chi connectivity index (χ1) is 12.2. The molecule has 1 amide bonds. The van der Waals surface area contributed by atoms with Gasteiger partial charge in [0, 0.05) is 18.9 Å². The van der Waals surface area contributed by atoms with Crippen molar-refractivity contribution in [2.45, 2.75) is 51.2 Å². The third-order valence-electron chi connectivity index (χ3n) is 4.78. The highest BCUT2D eigenvalue weighted by Crippen LogP contribution is 2.42. The smallest absolute Gasteiger partial charge is 0.278 e. The Balaban J connectivity index is 1.55. The molecule has 1 aromatic heterocycles. The molecule has 0 unspecified atom stereocenters. The summed E-state index contributed by atoms with van der Waals surface area (Å²) in [5.41, 5.74) is 6.26. The fraction of sp³-hybridized carbons (Fsp3) is 0.474. The minimum Gasteiger partial charge on any atom is -0.350 e. The molecule has 0 spiro atoms. The predicted octanol–water partition coefficient (Wildman–Crippen LogP) is 3.25. The molecule has 1 aliphatic carbocycles. The molecule has 1 N–H and O–H groups in total. The summed E-state index contributed by atoms with van der Waals surface area (Å²) in [6.45, 7) is 2.73. The lowest BCUT2D eigenvalue weighted by Gasteiger charge is -2.22. The molecule has 1 aromatic carbocycles. The van der Waals surface area contributed by atoms with E-state index in [4.69, 9.17) is 9.57 Å². The van der Waals surface area contributed by atoms with Gasteiger partial charge in [-0.25, -0.2) is 15.0 Å². The Bertz CT molecular complexity index is 761. The second-order valence-corrected chi connectivity index (χ2v) is 6.76. The molecule has 1 saturated heterocycles. The standard InChI is InChI=1S/C19H23N3O3/c1-13-6-2-3-7-16(13)22-18(14-9-10-14)15(12-20-22)19(23)21-25-17-8-4-5-11-24-17/h2-3,6-7,12,14,17H,4-5,8-11H2,1H3,(H,21,23)/t17-/m1/s1. The van der Waals surface area contributed by atoms with Gasteiger partial charge in [-0.05, 0) is 44.2 Å². The van der Waals surface area contributed by atoms with E-state index in [1.807, 2.05) is 22.9 Å². The van der Waals surface area contributed by atoms with Crippen LogP contribution < -0.4 is 5.48 Å². The van der Waals surface area contributed by atoms with E-state index in [9.17, 15) is 4.79 Å². The Hall–Kier alpha value is -2.18. The van der Waals surface area contributed by atoms with Crippen LogP contribution in [0.15, 0.2) is 30.5 Å². The second kappa shape index (κ2) is 6.98. The molecule has 6 heteroatoms. The van der Waals surface area contributed by atoms with Crippen molar-refractivity contribution in [1.82, 2.24) is 15.3 Å². The van der Waals surface area contributed by atoms with Crippen molar-refractivity contribution < 1.29 is 14.4 Å². The van der Waals surface area contributed by atoms with Crippen molar-refractivity contribution in [3.63, 3.8) is 0 Å². The maximum atomic E-state index is 12.6. The number of nitrogens with zero attached hydrogens (tertiary/aromatic N) is 2. The maximum Gasteiger partial charge on any atom is 0.278 e. The summed E-state index contributed by atoms with van der Waals surface area (Å²) in [7, 11) is 0. The maximum absolute atomic E-state index is 12.6. The molecule has 1 atom stereocenters. The van der Waals surface area contributed by atoms with Crippen LogP contribution in [0, 0.1) is 6.92 Å². The minimum atomic E-state index is -0.353. The number of benzene rings is 1. The van der Waals surface area contributed by atoms with E-state index in [-0.39, 0.29) is 12.2 Å². The van der Waals surface area contributed by atoms with Crippen molar-refractivity contribution in [2.75, 3.05) is 6.61 Å². The molecule has 1 saturated carbocycles. The lowest BCUT2D eigenvalue weighted by molar-refractivity contribution is -0.186. The number of ether oxygens (including phenoxy) is 1. The van der Waals surface area contributed by atoms with Crippen molar-refractivity contribution in [3.8, 4) is 5.69 Å². The van der Waals surface area contributed by atoms with E-state index in [0.29, 0.717) is 18.1 Å². The van der Waals surface area contributed by atoms with Crippen molar-refractivity contribution in [3.05, 3.63) is 47.3 Å². The third-order valence-corrected chi connectivity index (χ3v) is 4.78. The number of hydrogen-bond donors (Lipinski definition) is 1. The lowest BCUT2D eigenvalue weighted by atomic mass is 10.1. The number of nitrogens with one attached hydrogen (secondary N) is 1. The van der Waals surface area contributed by atoms with Gasteiger partial charge < -0.3 is 4.74 Å². The van der Waals surface area contributed by atoms with Crippen LogP contribution >= 0.6 is 0 Å². The number of aromatic nitrogens is 2. The van der Waals surface area contributed by atoms with E-state index < -0.39 is 0 Å². The summed E-state index contributed by atoms with van der Waals surface area (Å²) in [4.78, 5) is 18.1. The van der Waals surface area contributed by atoms with Gasteiger partial charge in [-0.15, -0.1) is 0 Å².